The number of nitrogens with zero attached hydrogens (tertiary/aromatic N) is 1. The zero-order chi connectivity index (χ0) is 14.3. The zero-order valence-electron chi connectivity index (χ0n) is 11.4. The van der Waals surface area contributed by atoms with Gasteiger partial charge in [0.1, 0.15) is 11.8 Å². The first-order valence-electron chi connectivity index (χ1n) is 5.91. The van der Waals surface area contributed by atoms with E-state index in [0.29, 0.717) is 11.4 Å². The highest BCUT2D eigenvalue weighted by atomic mass is 16.5. The average molecular weight is 262 g/mol. The molecule has 5 heteroatoms. The largest absolute Gasteiger partial charge is 0.479 e. The molecule has 1 aromatic carbocycles. The van der Waals surface area contributed by atoms with Crippen LogP contribution in [-0.4, -0.2) is 25.2 Å². The summed E-state index contributed by atoms with van der Waals surface area (Å²) in [5, 5.41) is 11.2. The van der Waals surface area contributed by atoms with Gasteiger partial charge in [-0.3, -0.25) is 4.79 Å². The topological polar surface area (TPSA) is 71.3 Å². The summed E-state index contributed by atoms with van der Waals surface area (Å²) < 4.78 is 10.4. The molecule has 5 nitrogen and oxygen atoms in total. The van der Waals surface area contributed by atoms with Gasteiger partial charge >= 0.3 is 0 Å². The van der Waals surface area contributed by atoms with Gasteiger partial charge in [0, 0.05) is 18.9 Å². The van der Waals surface area contributed by atoms with Gasteiger partial charge in [0.2, 0.25) is 5.91 Å². The Morgan fingerprint density at radius 1 is 1.47 bits per heavy atom. The summed E-state index contributed by atoms with van der Waals surface area (Å²) in [5.41, 5.74) is 0.131. The quantitative estimate of drug-likeness (QED) is 0.854. The van der Waals surface area contributed by atoms with Crippen LogP contribution in [0.4, 0.5) is 5.69 Å². The maximum Gasteiger partial charge on any atom is 0.227 e. The van der Waals surface area contributed by atoms with E-state index in [1.54, 1.807) is 31.4 Å². The SMILES string of the molecule is COC(C)(C)CC(=O)Nc1cccc(OCC#N)c1. The summed E-state index contributed by atoms with van der Waals surface area (Å²) in [4.78, 5) is 11.8. The molecule has 0 unspecified atom stereocenters. The van der Waals surface area contributed by atoms with E-state index in [2.05, 4.69) is 5.32 Å². The van der Waals surface area contributed by atoms with E-state index in [9.17, 15) is 4.79 Å². The molecule has 0 aromatic heterocycles. The molecular weight excluding hydrogens is 244 g/mol. The molecule has 0 aliphatic rings. The minimum absolute atomic E-state index is 0.0197. The number of carbonyl (C=O) groups is 1. The summed E-state index contributed by atoms with van der Waals surface area (Å²) in [6, 6.07) is 8.81. The molecule has 0 saturated heterocycles. The number of methoxy groups -OCH3 is 1. The number of hydrogen-bond acceptors (Lipinski definition) is 4. The lowest BCUT2D eigenvalue weighted by Crippen LogP contribution is -2.29. The van der Waals surface area contributed by atoms with Crippen molar-refractivity contribution in [2.45, 2.75) is 25.9 Å². The van der Waals surface area contributed by atoms with Crippen molar-refractivity contribution in [2.75, 3.05) is 19.0 Å². The second-order valence-corrected chi connectivity index (χ2v) is 4.66. The lowest BCUT2D eigenvalue weighted by atomic mass is 10.0. The summed E-state index contributed by atoms with van der Waals surface area (Å²) in [6.45, 7) is 3.67. The van der Waals surface area contributed by atoms with E-state index in [1.165, 1.54) is 0 Å². The Labute approximate surface area is 113 Å². The Balaban J connectivity index is 2.62. The fraction of sp³-hybridized carbons (Fsp3) is 0.429. The molecule has 0 fully saturated rings. The highest BCUT2D eigenvalue weighted by Gasteiger charge is 2.21. The Bertz CT molecular complexity index is 478. The molecule has 0 saturated carbocycles. The third-order valence-electron chi connectivity index (χ3n) is 2.56. The first-order chi connectivity index (χ1) is 8.96. The van der Waals surface area contributed by atoms with E-state index in [0.717, 1.165) is 0 Å². The van der Waals surface area contributed by atoms with E-state index in [-0.39, 0.29) is 18.9 Å². The Hall–Kier alpha value is -2.06. The van der Waals surface area contributed by atoms with E-state index < -0.39 is 5.60 Å². The number of benzene rings is 1. The van der Waals surface area contributed by atoms with Crippen LogP contribution in [0.25, 0.3) is 0 Å². The van der Waals surface area contributed by atoms with Gasteiger partial charge in [0.25, 0.3) is 0 Å². The normalized spacial score (nSPS) is 10.6. The van der Waals surface area contributed by atoms with Gasteiger partial charge in [-0.1, -0.05) is 6.07 Å². The van der Waals surface area contributed by atoms with Crippen LogP contribution in [0.2, 0.25) is 0 Å². The van der Waals surface area contributed by atoms with Crippen LogP contribution in [0.15, 0.2) is 24.3 Å². The smallest absolute Gasteiger partial charge is 0.227 e. The zero-order valence-corrected chi connectivity index (χ0v) is 11.4. The molecule has 0 radical (unpaired) electrons. The Morgan fingerprint density at radius 3 is 2.84 bits per heavy atom. The molecular formula is C14H18N2O3. The van der Waals surface area contributed by atoms with E-state index in [4.69, 9.17) is 14.7 Å². The predicted octanol–water partition coefficient (Wildman–Crippen LogP) is 2.34. The van der Waals surface area contributed by atoms with Crippen molar-refractivity contribution >= 4 is 11.6 Å². The van der Waals surface area contributed by atoms with Gasteiger partial charge in [-0.25, -0.2) is 0 Å². The first kappa shape index (κ1) is 15.0. The fourth-order valence-electron chi connectivity index (χ4n) is 1.44. The summed E-state index contributed by atoms with van der Waals surface area (Å²) in [5.74, 6) is 0.412. The molecule has 1 aromatic rings. The van der Waals surface area contributed by atoms with Crippen molar-refractivity contribution in [3.8, 4) is 11.8 Å². The number of anilines is 1. The minimum Gasteiger partial charge on any atom is -0.479 e. The molecule has 0 aliphatic heterocycles. The molecule has 1 N–H and O–H groups in total. The minimum atomic E-state index is -0.501. The van der Waals surface area contributed by atoms with E-state index in [1.807, 2.05) is 19.9 Å². The second-order valence-electron chi connectivity index (χ2n) is 4.66. The van der Waals surface area contributed by atoms with Gasteiger partial charge in [0.05, 0.1) is 12.0 Å². The molecule has 1 rings (SSSR count). The standard InChI is InChI=1S/C14H18N2O3/c1-14(2,18-3)10-13(17)16-11-5-4-6-12(9-11)19-8-7-15/h4-6,9H,8,10H2,1-3H3,(H,16,17). The molecule has 0 heterocycles. The molecule has 19 heavy (non-hydrogen) atoms. The third-order valence-corrected chi connectivity index (χ3v) is 2.56. The number of nitriles is 1. The van der Waals surface area contributed by atoms with Gasteiger partial charge in [-0.15, -0.1) is 0 Å². The van der Waals surface area contributed by atoms with Gasteiger partial charge in [-0.05, 0) is 26.0 Å². The first-order valence-corrected chi connectivity index (χ1v) is 5.91. The highest BCUT2D eigenvalue weighted by Crippen LogP contribution is 2.19. The number of amides is 1. The van der Waals surface area contributed by atoms with Crippen molar-refractivity contribution in [3.63, 3.8) is 0 Å². The Morgan fingerprint density at radius 2 is 2.21 bits per heavy atom. The number of carbonyl (C=O) groups excluding carboxylic acids is 1. The molecule has 0 atom stereocenters. The summed E-state index contributed by atoms with van der Waals surface area (Å²) in [6.07, 6.45) is 0.257. The summed E-state index contributed by atoms with van der Waals surface area (Å²) in [7, 11) is 1.57. The predicted molar refractivity (Wildman–Crippen MR) is 71.9 cm³/mol. The molecule has 1 amide bonds. The number of ether oxygens (including phenoxy) is 2. The van der Waals surface area contributed by atoms with Crippen LogP contribution in [-0.2, 0) is 9.53 Å². The molecule has 0 aliphatic carbocycles. The third kappa shape index (κ3) is 5.40. The highest BCUT2D eigenvalue weighted by molar-refractivity contribution is 5.91. The van der Waals surface area contributed by atoms with Crippen molar-refractivity contribution in [1.29, 1.82) is 5.26 Å². The average Bonchev–Trinajstić information content (AvgIpc) is 2.36. The maximum atomic E-state index is 11.8. The van der Waals surface area contributed by atoms with Crippen LogP contribution in [0.3, 0.4) is 0 Å². The van der Waals surface area contributed by atoms with Crippen molar-refractivity contribution < 1.29 is 14.3 Å². The van der Waals surface area contributed by atoms with Crippen LogP contribution in [0.1, 0.15) is 20.3 Å². The van der Waals surface area contributed by atoms with Crippen LogP contribution in [0, 0.1) is 11.3 Å². The summed E-state index contributed by atoms with van der Waals surface area (Å²) >= 11 is 0. The van der Waals surface area contributed by atoms with Crippen molar-refractivity contribution in [3.05, 3.63) is 24.3 Å². The van der Waals surface area contributed by atoms with Crippen molar-refractivity contribution in [2.24, 2.45) is 0 Å². The number of hydrogen-bond donors (Lipinski definition) is 1. The number of nitrogens with one attached hydrogen (secondary N) is 1. The molecule has 102 valence electrons. The molecule has 0 spiro atoms. The monoisotopic (exact) mass is 262 g/mol. The van der Waals surface area contributed by atoms with Gasteiger partial charge in [-0.2, -0.15) is 5.26 Å². The lowest BCUT2D eigenvalue weighted by Gasteiger charge is -2.21. The van der Waals surface area contributed by atoms with Gasteiger partial charge in [0.15, 0.2) is 6.61 Å². The maximum absolute atomic E-state index is 11.8. The lowest BCUT2D eigenvalue weighted by molar-refractivity contribution is -0.121. The Kier molecular flexibility index (Phi) is 5.34. The van der Waals surface area contributed by atoms with E-state index >= 15 is 0 Å². The number of rotatable bonds is 6. The van der Waals surface area contributed by atoms with Crippen LogP contribution < -0.4 is 10.1 Å². The second kappa shape index (κ2) is 6.76. The fourth-order valence-corrected chi connectivity index (χ4v) is 1.44. The van der Waals surface area contributed by atoms with Crippen LogP contribution in [0.5, 0.6) is 5.75 Å². The van der Waals surface area contributed by atoms with Crippen molar-refractivity contribution in [1.82, 2.24) is 0 Å². The molecule has 0 bridgehead atoms. The van der Waals surface area contributed by atoms with Crippen LogP contribution >= 0.6 is 0 Å². The van der Waals surface area contributed by atoms with Gasteiger partial charge < -0.3 is 14.8 Å².